The van der Waals surface area contributed by atoms with Crippen molar-refractivity contribution < 1.29 is 34.3 Å². The molecule has 0 aromatic carbocycles. The fourth-order valence-electron chi connectivity index (χ4n) is 2.42. The average Bonchev–Trinajstić information content (AvgIpc) is 3.18. The zero-order valence-corrected chi connectivity index (χ0v) is 14.2. The van der Waals surface area contributed by atoms with Crippen molar-refractivity contribution in [3.63, 3.8) is 0 Å². The highest BCUT2D eigenvalue weighted by Gasteiger charge is 2.54. The van der Waals surface area contributed by atoms with Gasteiger partial charge in [-0.05, 0) is 53.4 Å². The molecule has 2 heterocycles. The quantitative estimate of drug-likeness (QED) is 0.355. The Morgan fingerprint density at radius 2 is 1.87 bits per heavy atom. The van der Waals surface area contributed by atoms with Crippen LogP contribution in [0.2, 0.25) is 0 Å². The summed E-state index contributed by atoms with van der Waals surface area (Å²) in [6.45, 7) is 7.56. The highest BCUT2D eigenvalue weighted by molar-refractivity contribution is 5.12. The van der Waals surface area contributed by atoms with Crippen LogP contribution in [0.5, 0.6) is 0 Å². The largest absolute Gasteiger partial charge is 0.504 e. The van der Waals surface area contributed by atoms with E-state index in [9.17, 15) is 15.3 Å². The van der Waals surface area contributed by atoms with E-state index in [4.69, 9.17) is 18.9 Å². The van der Waals surface area contributed by atoms with E-state index < -0.39 is 24.8 Å². The third-order valence-corrected chi connectivity index (χ3v) is 3.62. The van der Waals surface area contributed by atoms with Crippen LogP contribution in [-0.4, -0.2) is 51.8 Å². The van der Waals surface area contributed by atoms with Crippen LogP contribution in [0.25, 0.3) is 0 Å². The van der Waals surface area contributed by atoms with Gasteiger partial charge in [0.15, 0.2) is 18.5 Å². The first-order valence-corrected chi connectivity index (χ1v) is 8.13. The summed E-state index contributed by atoms with van der Waals surface area (Å²) in [7, 11) is 0. The molecule has 0 radical (unpaired) electrons. The SMILES string of the molecule is CC(CCCCC(O)OC(C)(C)C)OC1=C(O)C(O)[C@H]2OC2O1. The first-order valence-electron chi connectivity index (χ1n) is 8.13. The summed E-state index contributed by atoms with van der Waals surface area (Å²) in [6.07, 6.45) is -0.111. The molecule has 4 unspecified atom stereocenters. The van der Waals surface area contributed by atoms with E-state index in [2.05, 4.69) is 0 Å². The summed E-state index contributed by atoms with van der Waals surface area (Å²) in [5.74, 6) is -0.371. The Morgan fingerprint density at radius 1 is 1.22 bits per heavy atom. The fraction of sp³-hybridized carbons (Fsp3) is 0.875. The number of aliphatic hydroxyl groups is 3. The molecule has 0 spiro atoms. The monoisotopic (exact) mass is 332 g/mol. The summed E-state index contributed by atoms with van der Waals surface area (Å²) in [6, 6.07) is 0. The van der Waals surface area contributed by atoms with Crippen molar-refractivity contribution >= 4 is 0 Å². The van der Waals surface area contributed by atoms with Gasteiger partial charge in [0.05, 0.1) is 11.7 Å². The maximum atomic E-state index is 9.79. The topological polar surface area (TPSA) is 101 Å². The third-order valence-electron chi connectivity index (χ3n) is 3.62. The van der Waals surface area contributed by atoms with Gasteiger partial charge in [-0.1, -0.05) is 0 Å². The second-order valence-electron chi connectivity index (χ2n) is 7.10. The summed E-state index contributed by atoms with van der Waals surface area (Å²) in [4.78, 5) is 0. The van der Waals surface area contributed by atoms with E-state index in [-0.39, 0.29) is 23.4 Å². The molecule has 0 aromatic rings. The average molecular weight is 332 g/mol. The van der Waals surface area contributed by atoms with E-state index in [0.717, 1.165) is 19.3 Å². The number of aliphatic hydroxyl groups excluding tert-OH is 3. The third kappa shape index (κ3) is 5.53. The predicted octanol–water partition coefficient (Wildman–Crippen LogP) is 1.93. The highest BCUT2D eigenvalue weighted by atomic mass is 16.8. The molecule has 5 atom stereocenters. The van der Waals surface area contributed by atoms with Gasteiger partial charge < -0.3 is 34.3 Å². The molecule has 3 N–H and O–H groups in total. The summed E-state index contributed by atoms with van der Waals surface area (Å²) in [5, 5.41) is 29.2. The maximum Gasteiger partial charge on any atom is 0.324 e. The second-order valence-corrected chi connectivity index (χ2v) is 7.10. The van der Waals surface area contributed by atoms with E-state index >= 15 is 0 Å². The molecular weight excluding hydrogens is 304 g/mol. The minimum atomic E-state index is -1.08. The molecular formula is C16H28O7. The van der Waals surface area contributed by atoms with Gasteiger partial charge in [0.1, 0.15) is 0 Å². The van der Waals surface area contributed by atoms with Crippen LogP contribution in [0.3, 0.4) is 0 Å². The lowest BCUT2D eigenvalue weighted by atomic mass is 10.1. The summed E-state index contributed by atoms with van der Waals surface area (Å²) < 4.78 is 21.3. The second kappa shape index (κ2) is 7.25. The molecule has 2 rings (SSSR count). The van der Waals surface area contributed by atoms with Crippen molar-refractivity contribution in [1.29, 1.82) is 0 Å². The van der Waals surface area contributed by atoms with Crippen LogP contribution < -0.4 is 0 Å². The van der Waals surface area contributed by atoms with Gasteiger partial charge in [0.25, 0.3) is 0 Å². The highest BCUT2D eigenvalue weighted by Crippen LogP contribution is 2.37. The minimum Gasteiger partial charge on any atom is -0.504 e. The molecule has 7 heteroatoms. The lowest BCUT2D eigenvalue weighted by Crippen LogP contribution is -2.29. The Balaban J connectivity index is 1.64. The number of hydrogen-bond donors (Lipinski definition) is 3. The van der Waals surface area contributed by atoms with Gasteiger partial charge in [0, 0.05) is 0 Å². The molecule has 0 amide bonds. The van der Waals surface area contributed by atoms with Crippen LogP contribution in [0.4, 0.5) is 0 Å². The van der Waals surface area contributed by atoms with Crippen molar-refractivity contribution in [2.75, 3.05) is 0 Å². The predicted molar refractivity (Wildman–Crippen MR) is 81.3 cm³/mol. The van der Waals surface area contributed by atoms with E-state index in [1.807, 2.05) is 27.7 Å². The number of hydrogen-bond acceptors (Lipinski definition) is 7. The van der Waals surface area contributed by atoms with Crippen LogP contribution in [0.15, 0.2) is 11.7 Å². The Hall–Kier alpha value is -1.02. The van der Waals surface area contributed by atoms with E-state index in [1.54, 1.807) is 0 Å². The molecule has 0 aromatic heterocycles. The number of epoxide rings is 1. The Bertz CT molecular complexity index is 429. The molecule has 0 saturated carbocycles. The van der Waals surface area contributed by atoms with Crippen molar-refractivity contribution in [1.82, 2.24) is 0 Å². The first-order chi connectivity index (χ1) is 10.7. The lowest BCUT2D eigenvalue weighted by Gasteiger charge is -2.24. The van der Waals surface area contributed by atoms with Crippen molar-refractivity contribution in [2.45, 2.75) is 89.9 Å². The van der Waals surface area contributed by atoms with E-state index in [1.165, 1.54) is 0 Å². The Labute approximate surface area is 136 Å². The van der Waals surface area contributed by atoms with Crippen molar-refractivity contribution in [3.8, 4) is 0 Å². The molecule has 0 bridgehead atoms. The van der Waals surface area contributed by atoms with Crippen LogP contribution >= 0.6 is 0 Å². The molecule has 7 nitrogen and oxygen atoms in total. The van der Waals surface area contributed by atoms with Crippen LogP contribution in [0, 0.1) is 0 Å². The van der Waals surface area contributed by atoms with Gasteiger partial charge in [-0.3, -0.25) is 0 Å². The number of rotatable bonds is 8. The van der Waals surface area contributed by atoms with Crippen LogP contribution in [0.1, 0.15) is 53.4 Å². The molecule has 23 heavy (non-hydrogen) atoms. The Kier molecular flexibility index (Phi) is 5.78. The molecule has 2 aliphatic rings. The smallest absolute Gasteiger partial charge is 0.324 e. The molecule has 134 valence electrons. The summed E-state index contributed by atoms with van der Waals surface area (Å²) in [5.41, 5.74) is -0.359. The van der Waals surface area contributed by atoms with E-state index in [0.29, 0.717) is 6.42 Å². The molecule has 1 saturated heterocycles. The number of ether oxygens (including phenoxy) is 4. The number of unbranched alkanes of at least 4 members (excludes halogenated alkanes) is 1. The van der Waals surface area contributed by atoms with Crippen LogP contribution in [-0.2, 0) is 18.9 Å². The van der Waals surface area contributed by atoms with Gasteiger partial charge in [0.2, 0.25) is 12.0 Å². The van der Waals surface area contributed by atoms with Crippen molar-refractivity contribution in [2.24, 2.45) is 0 Å². The van der Waals surface area contributed by atoms with Gasteiger partial charge in [-0.15, -0.1) is 0 Å². The van der Waals surface area contributed by atoms with Gasteiger partial charge >= 0.3 is 5.95 Å². The van der Waals surface area contributed by atoms with Gasteiger partial charge in [-0.2, -0.15) is 0 Å². The molecule has 2 aliphatic heterocycles. The molecule has 0 aliphatic carbocycles. The maximum absolute atomic E-state index is 9.79. The fourth-order valence-corrected chi connectivity index (χ4v) is 2.42. The number of fused-ring (bicyclic) bond motifs is 1. The minimum absolute atomic E-state index is 0.0557. The van der Waals surface area contributed by atoms with Crippen molar-refractivity contribution in [3.05, 3.63) is 11.7 Å². The zero-order chi connectivity index (χ0) is 17.2. The van der Waals surface area contributed by atoms with Gasteiger partial charge in [-0.25, -0.2) is 0 Å². The Morgan fingerprint density at radius 3 is 2.52 bits per heavy atom. The normalized spacial score (nSPS) is 29.6. The zero-order valence-electron chi connectivity index (χ0n) is 14.2. The summed E-state index contributed by atoms with van der Waals surface area (Å²) >= 11 is 0. The first kappa shape index (κ1) is 18.3. The standard InChI is InChI=1S/C16H28O7/c1-9(7-5-6-8-10(17)23-16(2,3)4)20-14-12(19)11(18)13-15(21-13)22-14/h9-11,13,15,17-19H,5-8H2,1-4H3/t9?,10?,11?,13-,15?/m1/s1. The molecule has 1 fully saturated rings. The lowest BCUT2D eigenvalue weighted by molar-refractivity contribution is -0.168.